The normalized spacial score (nSPS) is 11.6. The number of likely N-dealkylation sites (N-methyl/N-ethyl adjacent to an activating group) is 2. The molecule has 0 bridgehead atoms. The van der Waals surface area contributed by atoms with Crippen molar-refractivity contribution in [2.45, 2.75) is 27.7 Å². The molecule has 2 aromatic heterocycles. The van der Waals surface area contributed by atoms with Gasteiger partial charge in [-0.05, 0) is 85.8 Å². The molecule has 10 nitrogen and oxygen atoms in total. The average molecular weight is 671 g/mol. The Bertz CT molecular complexity index is 1910. The summed E-state index contributed by atoms with van der Waals surface area (Å²) in [5.74, 6) is 1.36. The first-order valence-corrected chi connectivity index (χ1v) is 17.6. The molecule has 2 heterocycles. The molecular weight excluding hydrogens is 624 g/mol. The summed E-state index contributed by atoms with van der Waals surface area (Å²) in [4.78, 5) is 46.4. The van der Waals surface area contributed by atoms with E-state index in [4.69, 9.17) is 9.97 Å². The third-order valence-corrected chi connectivity index (χ3v) is 9.36. The molecule has 0 atom stereocenters. The number of carbonyl (C=O) groups excluding carboxylic acids is 2. The van der Waals surface area contributed by atoms with Crippen LogP contribution >= 0.6 is 0 Å². The predicted molar refractivity (Wildman–Crippen MR) is 202 cm³/mol. The maximum Gasteiger partial charge on any atom is 0.251 e. The van der Waals surface area contributed by atoms with Crippen LogP contribution in [0.25, 0.3) is 56.0 Å². The lowest BCUT2D eigenvalue weighted by atomic mass is 10.0. The minimum atomic E-state index is -0.0711. The summed E-state index contributed by atoms with van der Waals surface area (Å²) in [6, 6.07) is 27.5. The average Bonchev–Trinajstić information content (AvgIpc) is 3.79. The van der Waals surface area contributed by atoms with E-state index in [1.807, 2.05) is 60.7 Å². The largest absolute Gasteiger partial charge is 0.351 e. The third kappa shape index (κ3) is 7.93. The summed E-state index contributed by atoms with van der Waals surface area (Å²) in [6.07, 6.45) is 0. The first-order chi connectivity index (χ1) is 24.4. The molecule has 4 aromatic carbocycles. The molecule has 10 heteroatoms. The quantitative estimate of drug-likeness (QED) is 0.0979. The van der Waals surface area contributed by atoms with Gasteiger partial charge in [0.2, 0.25) is 0 Å². The Balaban J connectivity index is 1.12. The van der Waals surface area contributed by atoms with Crippen LogP contribution in [0.3, 0.4) is 0 Å². The number of nitrogens with one attached hydrogen (secondary N) is 4. The van der Waals surface area contributed by atoms with Gasteiger partial charge in [-0.15, -0.1) is 0 Å². The number of hydrogen-bond donors (Lipinski definition) is 4. The summed E-state index contributed by atoms with van der Waals surface area (Å²) in [5.41, 5.74) is 8.75. The number of nitrogens with zero attached hydrogens (tertiary/aromatic N) is 4. The Morgan fingerprint density at radius 1 is 0.540 bits per heavy atom. The first-order valence-electron chi connectivity index (χ1n) is 17.6. The highest BCUT2D eigenvalue weighted by molar-refractivity contribution is 5.95. The van der Waals surface area contributed by atoms with Crippen LogP contribution in [-0.4, -0.2) is 93.9 Å². The highest BCUT2D eigenvalue weighted by Crippen LogP contribution is 2.29. The molecular formula is C40H46N8O2. The van der Waals surface area contributed by atoms with Crippen LogP contribution < -0.4 is 10.6 Å². The fourth-order valence-corrected chi connectivity index (χ4v) is 6.14. The molecule has 50 heavy (non-hydrogen) atoms. The van der Waals surface area contributed by atoms with E-state index >= 15 is 0 Å². The van der Waals surface area contributed by atoms with Crippen molar-refractivity contribution in [2.24, 2.45) is 0 Å². The van der Waals surface area contributed by atoms with Gasteiger partial charge < -0.3 is 30.4 Å². The topological polar surface area (TPSA) is 122 Å². The molecule has 0 unspecified atom stereocenters. The van der Waals surface area contributed by atoms with E-state index in [0.717, 1.165) is 95.2 Å². The van der Waals surface area contributed by atoms with Crippen molar-refractivity contribution in [3.8, 4) is 33.9 Å². The van der Waals surface area contributed by atoms with Gasteiger partial charge in [0.15, 0.2) is 0 Å². The molecule has 0 saturated carbocycles. The number of imidazole rings is 2. The molecule has 0 radical (unpaired) electrons. The van der Waals surface area contributed by atoms with Crippen LogP contribution in [0.5, 0.6) is 0 Å². The van der Waals surface area contributed by atoms with Crippen LogP contribution in [0.2, 0.25) is 0 Å². The number of H-pyrrole nitrogens is 2. The van der Waals surface area contributed by atoms with E-state index in [0.29, 0.717) is 24.2 Å². The van der Waals surface area contributed by atoms with Crippen LogP contribution in [-0.2, 0) is 0 Å². The second-order valence-electron chi connectivity index (χ2n) is 12.4. The van der Waals surface area contributed by atoms with Gasteiger partial charge in [-0.1, -0.05) is 64.1 Å². The number of carbonyl (C=O) groups is 2. The fraction of sp³-hybridized carbons (Fsp3) is 0.300. The number of benzene rings is 4. The standard InChI is InChI=1S/C40H46N8O2/c1-5-47(6-2)23-21-41-39(49)29-13-9-27(10-14-29)37-43-33-19-17-31(25-35(33)45-37)32-18-20-34-36(26-32)46-38(44-34)28-11-15-30(16-12-28)40(50)42-22-24-48(7-3)8-4/h9-20,25-26H,5-8,21-24H2,1-4H3,(H,41,49)(H,42,50)(H,43,45)(H,44,46). The fourth-order valence-electron chi connectivity index (χ4n) is 6.14. The maximum absolute atomic E-state index is 12.6. The summed E-state index contributed by atoms with van der Waals surface area (Å²) < 4.78 is 0. The van der Waals surface area contributed by atoms with E-state index < -0.39 is 0 Å². The number of amides is 2. The van der Waals surface area contributed by atoms with Gasteiger partial charge in [0, 0.05) is 48.4 Å². The molecule has 0 saturated heterocycles. The van der Waals surface area contributed by atoms with Crippen LogP contribution in [0.15, 0.2) is 84.9 Å². The Hall–Kier alpha value is -5.32. The van der Waals surface area contributed by atoms with Gasteiger partial charge >= 0.3 is 0 Å². The molecule has 0 aliphatic heterocycles. The minimum absolute atomic E-state index is 0.0711. The van der Waals surface area contributed by atoms with Gasteiger partial charge in [-0.3, -0.25) is 9.59 Å². The molecule has 0 spiro atoms. The van der Waals surface area contributed by atoms with E-state index in [-0.39, 0.29) is 11.8 Å². The van der Waals surface area contributed by atoms with Gasteiger partial charge in [-0.2, -0.15) is 0 Å². The zero-order valence-electron chi connectivity index (χ0n) is 29.3. The van der Waals surface area contributed by atoms with Crippen molar-refractivity contribution in [1.82, 2.24) is 40.4 Å². The molecule has 0 fully saturated rings. The minimum Gasteiger partial charge on any atom is -0.351 e. The Kier molecular flexibility index (Phi) is 11.0. The number of aromatic nitrogens is 4. The van der Waals surface area contributed by atoms with Gasteiger partial charge in [0.25, 0.3) is 11.8 Å². The lowest BCUT2D eigenvalue weighted by Crippen LogP contribution is -2.34. The smallest absolute Gasteiger partial charge is 0.251 e. The van der Waals surface area contributed by atoms with Crippen LogP contribution in [0, 0.1) is 0 Å². The number of fused-ring (bicyclic) bond motifs is 2. The molecule has 2 amide bonds. The van der Waals surface area contributed by atoms with E-state index in [2.05, 4.69) is 82.4 Å². The molecule has 0 aliphatic carbocycles. The zero-order chi connectivity index (χ0) is 35.0. The van der Waals surface area contributed by atoms with Gasteiger partial charge in [0.1, 0.15) is 11.6 Å². The second kappa shape index (κ2) is 15.9. The summed E-state index contributed by atoms with van der Waals surface area (Å²) in [6.45, 7) is 15.3. The predicted octanol–water partition coefficient (Wildman–Crippen LogP) is 6.58. The summed E-state index contributed by atoms with van der Waals surface area (Å²) >= 11 is 0. The lowest BCUT2D eigenvalue weighted by Gasteiger charge is -2.17. The van der Waals surface area contributed by atoms with Crippen molar-refractivity contribution in [3.05, 3.63) is 96.1 Å². The van der Waals surface area contributed by atoms with E-state index in [1.165, 1.54) is 0 Å². The number of aromatic amines is 2. The van der Waals surface area contributed by atoms with Gasteiger partial charge in [0.05, 0.1) is 22.1 Å². The SMILES string of the molecule is CCN(CC)CCNC(=O)c1ccc(-c2nc3cc(-c4ccc5[nH]c(-c6ccc(C(=O)NCCN(CC)CC)cc6)nc5c4)ccc3[nH]2)cc1. The number of rotatable bonds is 15. The van der Waals surface area contributed by atoms with Gasteiger partial charge in [-0.25, -0.2) is 9.97 Å². The second-order valence-corrected chi connectivity index (χ2v) is 12.4. The first kappa shape index (κ1) is 34.5. The van der Waals surface area contributed by atoms with Crippen LogP contribution in [0.4, 0.5) is 0 Å². The van der Waals surface area contributed by atoms with E-state index in [1.54, 1.807) is 0 Å². The van der Waals surface area contributed by atoms with Crippen molar-refractivity contribution in [1.29, 1.82) is 0 Å². The Morgan fingerprint density at radius 2 is 0.900 bits per heavy atom. The lowest BCUT2D eigenvalue weighted by molar-refractivity contribution is 0.0941. The molecule has 258 valence electrons. The maximum atomic E-state index is 12.6. The zero-order valence-corrected chi connectivity index (χ0v) is 29.3. The number of hydrogen-bond acceptors (Lipinski definition) is 6. The molecule has 4 N–H and O–H groups in total. The highest BCUT2D eigenvalue weighted by Gasteiger charge is 2.13. The molecule has 6 aromatic rings. The third-order valence-electron chi connectivity index (χ3n) is 9.36. The van der Waals surface area contributed by atoms with Crippen molar-refractivity contribution in [3.63, 3.8) is 0 Å². The van der Waals surface area contributed by atoms with Crippen LogP contribution in [0.1, 0.15) is 48.4 Å². The van der Waals surface area contributed by atoms with Crippen molar-refractivity contribution < 1.29 is 9.59 Å². The monoisotopic (exact) mass is 670 g/mol. The summed E-state index contributed by atoms with van der Waals surface area (Å²) in [7, 11) is 0. The Morgan fingerprint density at radius 3 is 1.26 bits per heavy atom. The highest BCUT2D eigenvalue weighted by atomic mass is 16.2. The Labute approximate surface area is 293 Å². The summed E-state index contributed by atoms with van der Waals surface area (Å²) in [5, 5.41) is 6.03. The van der Waals surface area contributed by atoms with E-state index in [9.17, 15) is 9.59 Å². The van der Waals surface area contributed by atoms with Crippen molar-refractivity contribution >= 4 is 33.9 Å². The van der Waals surface area contributed by atoms with Crippen molar-refractivity contribution in [2.75, 3.05) is 52.4 Å². The molecule has 6 rings (SSSR count). The molecule has 0 aliphatic rings.